The summed E-state index contributed by atoms with van der Waals surface area (Å²) in [6.45, 7) is 1.73. The summed E-state index contributed by atoms with van der Waals surface area (Å²) in [6.07, 6.45) is 1.66. The molecule has 4 heteroatoms. The number of nitrogens with zero attached hydrogens (tertiary/aromatic N) is 1. The molecule has 1 heterocycles. The second-order valence-corrected chi connectivity index (χ2v) is 6.70. The largest absolute Gasteiger partial charge is 0.508 e. The van der Waals surface area contributed by atoms with Crippen LogP contribution in [-0.2, 0) is 17.8 Å². The molecule has 1 saturated heterocycles. The van der Waals surface area contributed by atoms with Gasteiger partial charge in [-0.05, 0) is 41.5 Å². The summed E-state index contributed by atoms with van der Waals surface area (Å²) >= 11 is 0. The van der Waals surface area contributed by atoms with E-state index in [1.807, 2.05) is 41.3 Å². The normalized spacial score (nSPS) is 21.9. The van der Waals surface area contributed by atoms with Crippen molar-refractivity contribution < 1.29 is 14.6 Å². The first kappa shape index (κ1) is 15.1. The minimum Gasteiger partial charge on any atom is -0.508 e. The third-order valence-electron chi connectivity index (χ3n) is 5.26. The van der Waals surface area contributed by atoms with Gasteiger partial charge in [0.25, 0.3) is 0 Å². The molecule has 4 nitrogen and oxygen atoms in total. The number of amides is 1. The molecule has 1 amide bonds. The molecular formula is C20H21NO3. The van der Waals surface area contributed by atoms with Gasteiger partial charge in [-0.2, -0.15) is 0 Å². The molecular weight excluding hydrogens is 302 g/mol. The molecule has 0 saturated carbocycles. The zero-order valence-corrected chi connectivity index (χ0v) is 13.5. The van der Waals surface area contributed by atoms with Gasteiger partial charge in [-0.1, -0.05) is 42.5 Å². The van der Waals surface area contributed by atoms with E-state index in [0.29, 0.717) is 30.7 Å². The van der Waals surface area contributed by atoms with Crippen molar-refractivity contribution in [2.75, 3.05) is 13.1 Å². The maximum atomic E-state index is 12.4. The van der Waals surface area contributed by atoms with Crippen LogP contribution >= 0.6 is 0 Å². The number of hydrogen-bond acceptors (Lipinski definition) is 3. The van der Waals surface area contributed by atoms with Crippen LogP contribution in [0, 0.1) is 5.92 Å². The van der Waals surface area contributed by atoms with E-state index in [-0.39, 0.29) is 6.09 Å². The van der Waals surface area contributed by atoms with E-state index < -0.39 is 0 Å². The van der Waals surface area contributed by atoms with Crippen LogP contribution in [0.2, 0.25) is 0 Å². The van der Waals surface area contributed by atoms with Crippen molar-refractivity contribution in [1.82, 2.24) is 4.90 Å². The van der Waals surface area contributed by atoms with Crippen molar-refractivity contribution >= 4 is 6.09 Å². The average Bonchev–Trinajstić information content (AvgIpc) is 3.06. The summed E-state index contributed by atoms with van der Waals surface area (Å²) in [7, 11) is 0. The molecule has 0 unspecified atom stereocenters. The number of phenolic OH excluding ortho intramolecular Hbond substituents is 1. The SMILES string of the molecule is O=C(OCc1ccccc1)N1C[C@@H]2CCc3c(O)cccc3[C@@H]2C1. The Hall–Kier alpha value is -2.49. The fraction of sp³-hybridized carbons (Fsp3) is 0.350. The number of carbonyl (C=O) groups excluding carboxylic acids is 1. The van der Waals surface area contributed by atoms with Crippen molar-refractivity contribution in [2.24, 2.45) is 5.92 Å². The highest BCUT2D eigenvalue weighted by Gasteiger charge is 2.40. The van der Waals surface area contributed by atoms with E-state index >= 15 is 0 Å². The standard InChI is InChI=1S/C20H21NO3/c22-19-8-4-7-16-17(19)10-9-15-11-21(12-18(15)16)20(23)24-13-14-5-2-1-3-6-14/h1-8,15,18,22H,9-13H2/t15-,18+/m0/s1. The van der Waals surface area contributed by atoms with Gasteiger partial charge in [0, 0.05) is 19.0 Å². The lowest BCUT2D eigenvalue weighted by Crippen LogP contribution is -2.29. The van der Waals surface area contributed by atoms with Gasteiger partial charge in [0.05, 0.1) is 0 Å². The quantitative estimate of drug-likeness (QED) is 0.917. The van der Waals surface area contributed by atoms with Crippen molar-refractivity contribution in [3.63, 3.8) is 0 Å². The highest BCUT2D eigenvalue weighted by Crippen LogP contribution is 2.43. The summed E-state index contributed by atoms with van der Waals surface area (Å²) in [4.78, 5) is 14.2. The van der Waals surface area contributed by atoms with E-state index in [2.05, 4.69) is 6.07 Å². The minimum atomic E-state index is -0.241. The second-order valence-electron chi connectivity index (χ2n) is 6.70. The second kappa shape index (κ2) is 6.19. The highest BCUT2D eigenvalue weighted by molar-refractivity contribution is 5.68. The molecule has 0 bridgehead atoms. The number of benzene rings is 2. The van der Waals surface area contributed by atoms with E-state index in [1.165, 1.54) is 5.56 Å². The molecule has 0 aromatic heterocycles. The van der Waals surface area contributed by atoms with E-state index in [4.69, 9.17) is 4.74 Å². The van der Waals surface area contributed by atoms with Crippen LogP contribution in [0.3, 0.4) is 0 Å². The van der Waals surface area contributed by atoms with Crippen LogP contribution < -0.4 is 0 Å². The molecule has 1 aliphatic carbocycles. The zero-order valence-electron chi connectivity index (χ0n) is 13.5. The molecule has 124 valence electrons. The van der Waals surface area contributed by atoms with Crippen molar-refractivity contribution in [1.29, 1.82) is 0 Å². The lowest BCUT2D eigenvalue weighted by atomic mass is 9.77. The number of rotatable bonds is 2. The van der Waals surface area contributed by atoms with E-state index in [0.717, 1.165) is 30.5 Å². The van der Waals surface area contributed by atoms with Gasteiger partial charge in [-0.15, -0.1) is 0 Å². The molecule has 1 aliphatic heterocycles. The number of likely N-dealkylation sites (tertiary alicyclic amines) is 1. The first-order valence-corrected chi connectivity index (χ1v) is 8.49. The Morgan fingerprint density at radius 1 is 1.12 bits per heavy atom. The Labute approximate surface area is 141 Å². The number of carbonyl (C=O) groups is 1. The Morgan fingerprint density at radius 3 is 2.79 bits per heavy atom. The molecule has 0 spiro atoms. The topological polar surface area (TPSA) is 49.8 Å². The lowest BCUT2D eigenvalue weighted by Gasteiger charge is -2.27. The molecule has 2 aromatic carbocycles. The maximum absolute atomic E-state index is 12.4. The average molecular weight is 323 g/mol. The van der Waals surface area contributed by atoms with E-state index in [1.54, 1.807) is 6.07 Å². The number of fused-ring (bicyclic) bond motifs is 3. The van der Waals surface area contributed by atoms with Gasteiger partial charge in [-0.25, -0.2) is 4.79 Å². The molecule has 4 rings (SSSR count). The summed E-state index contributed by atoms with van der Waals surface area (Å²) < 4.78 is 5.47. The van der Waals surface area contributed by atoms with Crippen molar-refractivity contribution in [2.45, 2.75) is 25.4 Å². The smallest absolute Gasteiger partial charge is 0.410 e. The highest BCUT2D eigenvalue weighted by atomic mass is 16.6. The van der Waals surface area contributed by atoms with Crippen molar-refractivity contribution in [3.05, 3.63) is 65.2 Å². The predicted molar refractivity (Wildman–Crippen MR) is 90.9 cm³/mol. The Morgan fingerprint density at radius 2 is 1.96 bits per heavy atom. The fourth-order valence-corrected chi connectivity index (χ4v) is 4.02. The number of ether oxygens (including phenoxy) is 1. The summed E-state index contributed by atoms with van der Waals surface area (Å²) in [5, 5.41) is 10.1. The van der Waals surface area contributed by atoms with Gasteiger partial charge >= 0.3 is 6.09 Å². The monoisotopic (exact) mass is 323 g/mol. The van der Waals surface area contributed by atoms with Gasteiger partial charge < -0.3 is 14.7 Å². The Bertz CT molecular complexity index is 744. The van der Waals surface area contributed by atoms with Crippen LogP contribution in [0.5, 0.6) is 5.75 Å². The summed E-state index contributed by atoms with van der Waals surface area (Å²) in [5.74, 6) is 1.16. The fourth-order valence-electron chi connectivity index (χ4n) is 4.02. The molecule has 1 fully saturated rings. The minimum absolute atomic E-state index is 0.241. The maximum Gasteiger partial charge on any atom is 0.410 e. The van der Waals surface area contributed by atoms with E-state index in [9.17, 15) is 9.90 Å². The first-order valence-electron chi connectivity index (χ1n) is 8.49. The molecule has 24 heavy (non-hydrogen) atoms. The van der Waals surface area contributed by atoms with Gasteiger partial charge in [-0.3, -0.25) is 0 Å². The predicted octanol–water partition coefficient (Wildman–Crippen LogP) is 3.69. The molecule has 2 aliphatic rings. The molecule has 2 atom stereocenters. The van der Waals surface area contributed by atoms with Crippen LogP contribution in [-0.4, -0.2) is 29.2 Å². The number of phenols is 1. The first-order chi connectivity index (χ1) is 11.7. The van der Waals surface area contributed by atoms with Gasteiger partial charge in [0.2, 0.25) is 0 Å². The third-order valence-corrected chi connectivity index (χ3v) is 5.26. The third kappa shape index (κ3) is 2.73. The zero-order chi connectivity index (χ0) is 16.5. The lowest BCUT2D eigenvalue weighted by molar-refractivity contribution is 0.103. The van der Waals surface area contributed by atoms with Crippen LogP contribution in [0.4, 0.5) is 4.79 Å². The molecule has 2 aromatic rings. The van der Waals surface area contributed by atoms with Crippen LogP contribution in [0.15, 0.2) is 48.5 Å². The molecule has 1 N–H and O–H groups in total. The Kier molecular flexibility index (Phi) is 3.89. The Balaban J connectivity index is 1.44. The number of aromatic hydroxyl groups is 1. The number of hydrogen-bond donors (Lipinski definition) is 1. The van der Waals surface area contributed by atoms with Gasteiger partial charge in [0.1, 0.15) is 12.4 Å². The van der Waals surface area contributed by atoms with Crippen LogP contribution in [0.1, 0.15) is 29.0 Å². The van der Waals surface area contributed by atoms with Crippen LogP contribution in [0.25, 0.3) is 0 Å². The summed E-state index contributed by atoms with van der Waals surface area (Å²) in [6, 6.07) is 15.5. The van der Waals surface area contributed by atoms with Gasteiger partial charge in [0.15, 0.2) is 0 Å². The molecule has 0 radical (unpaired) electrons. The van der Waals surface area contributed by atoms with Crippen molar-refractivity contribution in [3.8, 4) is 5.75 Å². The summed E-state index contributed by atoms with van der Waals surface area (Å²) in [5.41, 5.74) is 3.25.